The molecule has 0 atom stereocenters. The maximum Gasteiger partial charge on any atom is 0.325 e. The lowest BCUT2D eigenvalue weighted by Gasteiger charge is -2.25. The molecule has 0 radical (unpaired) electrons. The van der Waals surface area contributed by atoms with E-state index in [-0.39, 0.29) is 6.10 Å². The molecule has 1 aromatic heterocycles. The Bertz CT molecular complexity index is 955. The number of nitrogens with one attached hydrogen (secondary N) is 2. The van der Waals surface area contributed by atoms with Crippen molar-refractivity contribution in [1.82, 2.24) is 4.98 Å². The molecular weight excluding hydrogens is 386 g/mol. The minimum absolute atomic E-state index is 0.0764. The van der Waals surface area contributed by atoms with Crippen LogP contribution < -0.4 is 15.4 Å². The van der Waals surface area contributed by atoms with Gasteiger partial charge in [-0.1, -0.05) is 30.3 Å². The van der Waals surface area contributed by atoms with Gasteiger partial charge in [-0.2, -0.15) is 0 Å². The van der Waals surface area contributed by atoms with Crippen molar-refractivity contribution in [1.29, 1.82) is 0 Å². The van der Waals surface area contributed by atoms with Crippen molar-refractivity contribution in [2.24, 2.45) is 0 Å². The van der Waals surface area contributed by atoms with Crippen molar-refractivity contribution in [2.45, 2.75) is 39.4 Å². The van der Waals surface area contributed by atoms with Gasteiger partial charge in [0.15, 0.2) is 10.9 Å². The van der Waals surface area contributed by atoms with Crippen LogP contribution in [0.15, 0.2) is 60.0 Å². The molecule has 0 bridgehead atoms. The Hall–Kier alpha value is -2.90. The number of carbonyl (C=O) groups is 1. The normalized spacial score (nSPS) is 11.3. The summed E-state index contributed by atoms with van der Waals surface area (Å²) in [6, 6.07) is 16.3. The lowest BCUT2D eigenvalue weighted by Crippen LogP contribution is -2.26. The lowest BCUT2D eigenvalue weighted by atomic mass is 10.1. The second-order valence-electron chi connectivity index (χ2n) is 7.21. The fourth-order valence-electron chi connectivity index (χ4n) is 2.78. The molecule has 6 nitrogen and oxygen atoms in total. The third-order valence-corrected chi connectivity index (χ3v) is 4.74. The molecule has 0 aliphatic carbocycles. The lowest BCUT2D eigenvalue weighted by molar-refractivity contribution is -0.0623. The van der Waals surface area contributed by atoms with E-state index in [0.29, 0.717) is 22.3 Å². The number of amides is 2. The summed E-state index contributed by atoms with van der Waals surface area (Å²) < 4.78 is 11.8. The Morgan fingerprint density at radius 1 is 1.03 bits per heavy atom. The van der Waals surface area contributed by atoms with Gasteiger partial charge in [-0.25, -0.2) is 9.78 Å². The number of anilines is 2. The Balaban J connectivity index is 1.66. The molecule has 1 heterocycles. The molecule has 29 heavy (non-hydrogen) atoms. The monoisotopic (exact) mass is 411 g/mol. The van der Waals surface area contributed by atoms with Gasteiger partial charge in [-0.15, -0.1) is 11.3 Å². The molecule has 3 rings (SSSR count). The number of thiazole rings is 1. The molecule has 0 saturated heterocycles. The van der Waals surface area contributed by atoms with Gasteiger partial charge < -0.3 is 14.8 Å². The molecule has 0 aliphatic rings. The zero-order chi connectivity index (χ0) is 20.9. The zero-order valence-corrected chi connectivity index (χ0v) is 17.7. The summed E-state index contributed by atoms with van der Waals surface area (Å²) in [7, 11) is 0. The number of rotatable bonds is 7. The number of carbonyl (C=O) groups excluding carboxylic acids is 1. The number of urea groups is 1. The average molecular weight is 412 g/mol. The smallest absolute Gasteiger partial charge is 0.325 e. The number of benzene rings is 2. The maximum absolute atomic E-state index is 12.5. The largest absolute Gasteiger partial charge is 0.455 e. The molecule has 0 fully saturated rings. The second-order valence-corrected chi connectivity index (χ2v) is 8.06. The minimum atomic E-state index is -0.531. The van der Waals surface area contributed by atoms with E-state index in [4.69, 9.17) is 9.47 Å². The van der Waals surface area contributed by atoms with Gasteiger partial charge in [0.05, 0.1) is 17.5 Å². The molecule has 3 aromatic rings. The molecule has 0 spiro atoms. The molecule has 0 aliphatic heterocycles. The zero-order valence-electron chi connectivity index (χ0n) is 16.9. The van der Waals surface area contributed by atoms with Gasteiger partial charge in [0.25, 0.3) is 0 Å². The summed E-state index contributed by atoms with van der Waals surface area (Å²) in [4.78, 5) is 17.0. The van der Waals surface area contributed by atoms with Crippen LogP contribution in [0.5, 0.6) is 11.5 Å². The van der Waals surface area contributed by atoms with Crippen molar-refractivity contribution < 1.29 is 14.3 Å². The highest BCUT2D eigenvalue weighted by Crippen LogP contribution is 2.31. The van der Waals surface area contributed by atoms with Gasteiger partial charge in [0, 0.05) is 5.38 Å². The summed E-state index contributed by atoms with van der Waals surface area (Å²) >= 11 is 1.35. The van der Waals surface area contributed by atoms with E-state index < -0.39 is 11.6 Å². The predicted octanol–water partition coefficient (Wildman–Crippen LogP) is 6.24. The molecule has 2 N–H and O–H groups in total. The summed E-state index contributed by atoms with van der Waals surface area (Å²) in [5.74, 6) is 1.25. The first-order valence-electron chi connectivity index (χ1n) is 9.37. The van der Waals surface area contributed by atoms with Crippen LogP contribution in [-0.4, -0.2) is 17.1 Å². The molecule has 2 amide bonds. The van der Waals surface area contributed by atoms with E-state index in [1.807, 2.05) is 75.5 Å². The highest BCUT2D eigenvalue weighted by Gasteiger charge is 2.26. The van der Waals surface area contributed by atoms with Crippen molar-refractivity contribution in [3.8, 4) is 11.5 Å². The average Bonchev–Trinajstić information content (AvgIpc) is 3.12. The Kier molecular flexibility index (Phi) is 6.51. The van der Waals surface area contributed by atoms with E-state index in [2.05, 4.69) is 15.6 Å². The van der Waals surface area contributed by atoms with E-state index in [9.17, 15) is 4.79 Å². The van der Waals surface area contributed by atoms with E-state index in [1.165, 1.54) is 11.3 Å². The Morgan fingerprint density at radius 2 is 1.72 bits per heavy atom. The minimum Gasteiger partial charge on any atom is -0.455 e. The fraction of sp³-hybridized carbons (Fsp3) is 0.273. The van der Waals surface area contributed by atoms with Gasteiger partial charge in [-0.05, 0) is 52.0 Å². The standard InChI is InChI=1S/C22H25N3O3S/c1-15(2)28-22(3,4)19-14-29-21(24-19)25-20(26)23-17-12-8-9-13-18(17)27-16-10-6-5-7-11-16/h5-15H,1-4H3,(H2,23,24,25,26). The molecule has 2 aromatic carbocycles. The number of hydrogen-bond donors (Lipinski definition) is 2. The van der Waals surface area contributed by atoms with Crippen LogP contribution in [0, 0.1) is 0 Å². The number of hydrogen-bond acceptors (Lipinski definition) is 5. The van der Waals surface area contributed by atoms with Crippen LogP contribution in [0.25, 0.3) is 0 Å². The Labute approximate surface area is 174 Å². The first-order chi connectivity index (χ1) is 13.8. The number of nitrogens with zero attached hydrogens (tertiary/aromatic N) is 1. The van der Waals surface area contributed by atoms with Gasteiger partial charge in [0.2, 0.25) is 0 Å². The maximum atomic E-state index is 12.5. The van der Waals surface area contributed by atoms with Crippen LogP contribution in [0.4, 0.5) is 15.6 Å². The third kappa shape index (κ3) is 5.79. The highest BCUT2D eigenvalue weighted by molar-refractivity contribution is 7.14. The molecule has 0 saturated carbocycles. The van der Waals surface area contributed by atoms with Gasteiger partial charge >= 0.3 is 6.03 Å². The molecular formula is C22H25N3O3S. The molecule has 7 heteroatoms. The van der Waals surface area contributed by atoms with Crippen LogP contribution in [0.2, 0.25) is 0 Å². The summed E-state index contributed by atoms with van der Waals surface area (Å²) in [5, 5.41) is 7.99. The Morgan fingerprint density at radius 3 is 2.45 bits per heavy atom. The van der Waals surface area contributed by atoms with E-state index in [1.54, 1.807) is 12.1 Å². The number of ether oxygens (including phenoxy) is 2. The number of aromatic nitrogens is 1. The summed E-state index contributed by atoms with van der Waals surface area (Å²) in [5.41, 5.74) is 0.811. The van der Waals surface area contributed by atoms with Crippen LogP contribution in [0.3, 0.4) is 0 Å². The number of para-hydroxylation sites is 3. The highest BCUT2D eigenvalue weighted by atomic mass is 32.1. The predicted molar refractivity (Wildman–Crippen MR) is 117 cm³/mol. The summed E-state index contributed by atoms with van der Waals surface area (Å²) in [6.45, 7) is 7.89. The topological polar surface area (TPSA) is 72.5 Å². The van der Waals surface area contributed by atoms with Crippen LogP contribution >= 0.6 is 11.3 Å². The van der Waals surface area contributed by atoms with Crippen LogP contribution in [0.1, 0.15) is 33.4 Å². The van der Waals surface area contributed by atoms with E-state index in [0.717, 1.165) is 5.69 Å². The van der Waals surface area contributed by atoms with Crippen molar-refractivity contribution in [2.75, 3.05) is 10.6 Å². The fourth-order valence-corrected chi connectivity index (χ4v) is 3.64. The van der Waals surface area contributed by atoms with E-state index >= 15 is 0 Å². The third-order valence-electron chi connectivity index (χ3n) is 3.98. The van der Waals surface area contributed by atoms with Crippen molar-refractivity contribution in [3.63, 3.8) is 0 Å². The summed E-state index contributed by atoms with van der Waals surface area (Å²) in [6.07, 6.45) is 0.0764. The second kappa shape index (κ2) is 9.07. The first kappa shape index (κ1) is 20.8. The van der Waals surface area contributed by atoms with Crippen LogP contribution in [-0.2, 0) is 10.3 Å². The van der Waals surface area contributed by atoms with Gasteiger partial charge in [0.1, 0.15) is 11.4 Å². The molecule has 0 unspecified atom stereocenters. The first-order valence-corrected chi connectivity index (χ1v) is 10.3. The van der Waals surface area contributed by atoms with Crippen molar-refractivity contribution in [3.05, 3.63) is 65.7 Å². The van der Waals surface area contributed by atoms with Crippen molar-refractivity contribution >= 4 is 28.2 Å². The van der Waals surface area contributed by atoms with Gasteiger partial charge in [-0.3, -0.25) is 5.32 Å². The molecule has 152 valence electrons. The quantitative estimate of drug-likeness (QED) is 0.483. The SMILES string of the molecule is CC(C)OC(C)(C)c1csc(NC(=O)Nc2ccccc2Oc2ccccc2)n1.